The van der Waals surface area contributed by atoms with E-state index in [0.717, 1.165) is 6.54 Å². The zero-order chi connectivity index (χ0) is 11.8. The van der Waals surface area contributed by atoms with Gasteiger partial charge in [-0.3, -0.25) is 0 Å². The Morgan fingerprint density at radius 3 is 2.44 bits per heavy atom. The Morgan fingerprint density at radius 1 is 1.19 bits per heavy atom. The third-order valence-electron chi connectivity index (χ3n) is 1.75. The van der Waals surface area contributed by atoms with Gasteiger partial charge in [-0.1, -0.05) is 0 Å². The fourth-order valence-corrected chi connectivity index (χ4v) is 1.04. The van der Waals surface area contributed by atoms with E-state index >= 15 is 0 Å². The van der Waals surface area contributed by atoms with Crippen LogP contribution in [0.25, 0.3) is 0 Å². The van der Waals surface area contributed by atoms with E-state index < -0.39 is 0 Å². The molecule has 0 aliphatic heterocycles. The Morgan fingerprint density at radius 2 is 1.88 bits per heavy atom. The van der Waals surface area contributed by atoms with Gasteiger partial charge in [0.2, 0.25) is 11.9 Å². The van der Waals surface area contributed by atoms with Crippen molar-refractivity contribution in [2.24, 2.45) is 0 Å². The maximum Gasteiger partial charge on any atom is 0.322 e. The third kappa shape index (κ3) is 3.85. The van der Waals surface area contributed by atoms with Crippen LogP contribution >= 0.6 is 0 Å². The number of nitrogens with one attached hydrogen (secondary N) is 2. The molecule has 1 heterocycles. The van der Waals surface area contributed by atoms with E-state index in [1.807, 2.05) is 6.92 Å². The fourth-order valence-electron chi connectivity index (χ4n) is 1.04. The van der Waals surface area contributed by atoms with Crippen molar-refractivity contribution in [1.29, 1.82) is 0 Å². The van der Waals surface area contributed by atoms with Gasteiger partial charge in [-0.15, -0.1) is 0 Å². The summed E-state index contributed by atoms with van der Waals surface area (Å²) in [4.78, 5) is 12.2. The molecule has 1 aromatic rings. The van der Waals surface area contributed by atoms with E-state index in [-0.39, 0.29) is 12.6 Å². The Hall–Kier alpha value is -1.63. The van der Waals surface area contributed by atoms with Crippen molar-refractivity contribution in [3.8, 4) is 6.01 Å². The smallest absolute Gasteiger partial charge is 0.322 e. The van der Waals surface area contributed by atoms with Gasteiger partial charge in [0.05, 0.1) is 7.11 Å². The molecule has 0 spiro atoms. The first-order valence-electron chi connectivity index (χ1n) is 5.18. The number of nitrogens with zero attached hydrogens (tertiary/aromatic N) is 3. The second kappa shape index (κ2) is 6.78. The maximum absolute atomic E-state index is 8.65. The first-order chi connectivity index (χ1) is 7.80. The van der Waals surface area contributed by atoms with Crippen molar-refractivity contribution in [1.82, 2.24) is 15.0 Å². The fraction of sp³-hybridized carbons (Fsp3) is 0.667. The lowest BCUT2D eigenvalue weighted by Crippen LogP contribution is -2.11. The van der Waals surface area contributed by atoms with Crippen molar-refractivity contribution in [2.45, 2.75) is 13.3 Å². The van der Waals surface area contributed by atoms with Gasteiger partial charge in [-0.05, 0) is 13.3 Å². The Labute approximate surface area is 94.3 Å². The highest BCUT2D eigenvalue weighted by Gasteiger charge is 2.05. The molecule has 0 atom stereocenters. The molecule has 7 heteroatoms. The van der Waals surface area contributed by atoms with E-state index in [1.54, 1.807) is 0 Å². The minimum absolute atomic E-state index is 0.134. The number of anilines is 2. The Balaban J connectivity index is 2.69. The minimum Gasteiger partial charge on any atom is -0.467 e. The summed E-state index contributed by atoms with van der Waals surface area (Å²) in [6.07, 6.45) is 0.643. The van der Waals surface area contributed by atoms with Gasteiger partial charge in [0.25, 0.3) is 0 Å². The topological polar surface area (TPSA) is 92.2 Å². The third-order valence-corrected chi connectivity index (χ3v) is 1.75. The van der Waals surface area contributed by atoms with Crippen LogP contribution in [-0.4, -0.2) is 46.9 Å². The highest BCUT2D eigenvalue weighted by atomic mass is 16.5. The molecule has 0 aliphatic rings. The summed E-state index contributed by atoms with van der Waals surface area (Å²) in [5, 5.41) is 14.6. The predicted molar refractivity (Wildman–Crippen MR) is 60.7 cm³/mol. The van der Waals surface area contributed by atoms with Crippen LogP contribution in [0.15, 0.2) is 0 Å². The second-order valence-electron chi connectivity index (χ2n) is 3.00. The SMILES string of the molecule is CCNc1nc(NCCCO)nc(OC)n1. The molecule has 7 nitrogen and oxygen atoms in total. The summed E-state index contributed by atoms with van der Waals surface area (Å²) in [6.45, 7) is 3.42. The molecule has 0 radical (unpaired) electrons. The lowest BCUT2D eigenvalue weighted by molar-refractivity contribution is 0.292. The number of ether oxygens (including phenoxy) is 1. The molecular formula is C9H17N5O2. The molecule has 0 fully saturated rings. The summed E-state index contributed by atoms with van der Waals surface area (Å²) < 4.78 is 4.96. The summed E-state index contributed by atoms with van der Waals surface area (Å²) in [5.74, 6) is 0.914. The van der Waals surface area contributed by atoms with Gasteiger partial charge in [0.1, 0.15) is 0 Å². The van der Waals surface area contributed by atoms with E-state index in [2.05, 4.69) is 25.6 Å². The molecule has 0 amide bonds. The predicted octanol–water partition coefficient (Wildman–Crippen LogP) is 0.106. The van der Waals surface area contributed by atoms with Gasteiger partial charge >= 0.3 is 6.01 Å². The van der Waals surface area contributed by atoms with Crippen LogP contribution in [-0.2, 0) is 0 Å². The number of methoxy groups -OCH3 is 1. The molecule has 0 saturated carbocycles. The van der Waals surface area contributed by atoms with Gasteiger partial charge in [-0.2, -0.15) is 15.0 Å². The quantitative estimate of drug-likeness (QED) is 0.569. The lowest BCUT2D eigenvalue weighted by Gasteiger charge is -2.07. The monoisotopic (exact) mass is 227 g/mol. The molecule has 90 valence electrons. The molecule has 0 saturated heterocycles. The van der Waals surface area contributed by atoms with Gasteiger partial charge < -0.3 is 20.5 Å². The molecule has 1 aromatic heterocycles. The molecule has 0 bridgehead atoms. The summed E-state index contributed by atoms with van der Waals surface area (Å²) in [7, 11) is 1.50. The van der Waals surface area contributed by atoms with Crippen molar-refractivity contribution in [3.05, 3.63) is 0 Å². The van der Waals surface area contributed by atoms with Gasteiger partial charge in [0, 0.05) is 19.7 Å². The number of aromatic nitrogens is 3. The molecule has 3 N–H and O–H groups in total. The highest BCUT2D eigenvalue weighted by molar-refractivity contribution is 5.35. The normalized spacial score (nSPS) is 9.94. The van der Waals surface area contributed by atoms with Crippen molar-refractivity contribution in [3.63, 3.8) is 0 Å². The van der Waals surface area contributed by atoms with Crippen LogP contribution < -0.4 is 15.4 Å². The molecule has 0 aliphatic carbocycles. The Bertz CT molecular complexity index is 321. The molecule has 0 aromatic carbocycles. The van der Waals surface area contributed by atoms with E-state index in [0.29, 0.717) is 24.9 Å². The zero-order valence-electron chi connectivity index (χ0n) is 9.53. The van der Waals surface area contributed by atoms with Crippen LogP contribution in [0.5, 0.6) is 6.01 Å². The summed E-state index contributed by atoms with van der Waals surface area (Å²) in [6, 6.07) is 0.262. The number of hydrogen-bond donors (Lipinski definition) is 3. The summed E-state index contributed by atoms with van der Waals surface area (Å²) >= 11 is 0. The second-order valence-corrected chi connectivity index (χ2v) is 3.00. The van der Waals surface area contributed by atoms with Gasteiger partial charge in [-0.25, -0.2) is 0 Å². The van der Waals surface area contributed by atoms with E-state index in [1.165, 1.54) is 7.11 Å². The van der Waals surface area contributed by atoms with Crippen LogP contribution in [0.4, 0.5) is 11.9 Å². The molecule has 0 unspecified atom stereocenters. The first-order valence-corrected chi connectivity index (χ1v) is 5.18. The van der Waals surface area contributed by atoms with E-state index in [4.69, 9.17) is 9.84 Å². The zero-order valence-corrected chi connectivity index (χ0v) is 9.53. The maximum atomic E-state index is 8.65. The van der Waals surface area contributed by atoms with Crippen LogP contribution in [0.1, 0.15) is 13.3 Å². The lowest BCUT2D eigenvalue weighted by atomic mass is 10.4. The minimum atomic E-state index is 0.134. The summed E-state index contributed by atoms with van der Waals surface area (Å²) in [5.41, 5.74) is 0. The average molecular weight is 227 g/mol. The van der Waals surface area contributed by atoms with Crippen molar-refractivity contribution < 1.29 is 9.84 Å². The number of aliphatic hydroxyl groups is 1. The molecular weight excluding hydrogens is 210 g/mol. The van der Waals surface area contributed by atoms with Crippen LogP contribution in [0.3, 0.4) is 0 Å². The van der Waals surface area contributed by atoms with Crippen molar-refractivity contribution in [2.75, 3.05) is 37.4 Å². The molecule has 16 heavy (non-hydrogen) atoms. The first kappa shape index (κ1) is 12.4. The van der Waals surface area contributed by atoms with Gasteiger partial charge in [0.15, 0.2) is 0 Å². The number of rotatable bonds is 7. The highest BCUT2D eigenvalue weighted by Crippen LogP contribution is 2.10. The largest absolute Gasteiger partial charge is 0.467 e. The van der Waals surface area contributed by atoms with Crippen LogP contribution in [0, 0.1) is 0 Å². The van der Waals surface area contributed by atoms with Crippen LogP contribution in [0.2, 0.25) is 0 Å². The van der Waals surface area contributed by atoms with E-state index in [9.17, 15) is 0 Å². The number of aliphatic hydroxyl groups excluding tert-OH is 1. The number of hydrogen-bond acceptors (Lipinski definition) is 7. The average Bonchev–Trinajstić information content (AvgIpc) is 2.29. The Kier molecular flexibility index (Phi) is 5.27. The van der Waals surface area contributed by atoms with Crippen molar-refractivity contribution >= 4 is 11.9 Å². The molecule has 1 rings (SSSR count). The standard InChI is InChI=1S/C9H17N5O2/c1-3-10-7-12-8(11-5-4-6-15)14-9(13-7)16-2/h15H,3-6H2,1-2H3,(H2,10,11,12,13,14).